The summed E-state index contributed by atoms with van der Waals surface area (Å²) in [5.74, 6) is -0.276. The number of carbonyl (C=O) groups excluding carboxylic acids is 1. The number of ether oxygens (including phenoxy) is 1. The van der Waals surface area contributed by atoms with Crippen molar-refractivity contribution >= 4 is 15.8 Å². The number of carbonyl (C=O) groups is 1. The first-order chi connectivity index (χ1) is 10.3. The van der Waals surface area contributed by atoms with Crippen molar-refractivity contribution in [1.29, 1.82) is 0 Å². The molecule has 0 bridgehead atoms. The van der Waals surface area contributed by atoms with Crippen LogP contribution in [0.15, 0.2) is 41.3 Å². The van der Waals surface area contributed by atoms with E-state index in [-0.39, 0.29) is 16.4 Å². The van der Waals surface area contributed by atoms with Crippen molar-refractivity contribution in [3.8, 4) is 5.75 Å². The smallest absolute Gasteiger partial charge is 0.333 e. The molecule has 0 aliphatic rings. The van der Waals surface area contributed by atoms with Gasteiger partial charge in [0.05, 0.1) is 17.3 Å². The fourth-order valence-corrected chi connectivity index (χ4v) is 3.18. The predicted molar refractivity (Wildman–Crippen MR) is 84.4 cm³/mol. The molecule has 0 aromatic heterocycles. The summed E-state index contributed by atoms with van der Waals surface area (Å²) >= 11 is 0. The van der Waals surface area contributed by atoms with Crippen LogP contribution in [0.25, 0.3) is 0 Å². The highest BCUT2D eigenvalue weighted by atomic mass is 32.2. The van der Waals surface area contributed by atoms with E-state index in [1.54, 1.807) is 6.92 Å². The summed E-state index contributed by atoms with van der Waals surface area (Å²) in [6, 6.07) is 5.54. The molecule has 22 heavy (non-hydrogen) atoms. The van der Waals surface area contributed by atoms with Gasteiger partial charge in [0.15, 0.2) is 9.84 Å². The van der Waals surface area contributed by atoms with E-state index in [0.29, 0.717) is 25.0 Å². The van der Waals surface area contributed by atoms with Gasteiger partial charge in [0, 0.05) is 5.57 Å². The highest BCUT2D eigenvalue weighted by molar-refractivity contribution is 7.91. The molecule has 5 nitrogen and oxygen atoms in total. The summed E-state index contributed by atoms with van der Waals surface area (Å²) in [6.07, 6.45) is 2.81. The van der Waals surface area contributed by atoms with Gasteiger partial charge in [-0.2, -0.15) is 0 Å². The molecule has 1 aromatic rings. The zero-order valence-electron chi connectivity index (χ0n) is 12.7. The number of phenols is 1. The van der Waals surface area contributed by atoms with E-state index in [1.165, 1.54) is 24.3 Å². The second kappa shape index (κ2) is 8.58. The molecular formula is C16H22O5S. The van der Waals surface area contributed by atoms with Gasteiger partial charge in [-0.1, -0.05) is 19.4 Å². The second-order valence-electron chi connectivity index (χ2n) is 5.14. The van der Waals surface area contributed by atoms with Gasteiger partial charge in [-0.15, -0.1) is 0 Å². The highest BCUT2D eigenvalue weighted by Crippen LogP contribution is 2.17. The quantitative estimate of drug-likeness (QED) is 0.429. The lowest BCUT2D eigenvalue weighted by atomic mass is 10.2. The van der Waals surface area contributed by atoms with Crippen LogP contribution in [-0.4, -0.2) is 31.9 Å². The third-order valence-electron chi connectivity index (χ3n) is 3.08. The zero-order valence-corrected chi connectivity index (χ0v) is 13.6. The van der Waals surface area contributed by atoms with Crippen LogP contribution in [0, 0.1) is 0 Å². The van der Waals surface area contributed by atoms with E-state index in [1.807, 2.05) is 0 Å². The minimum atomic E-state index is -3.30. The number of hydrogen-bond donors (Lipinski definition) is 1. The molecule has 0 saturated carbocycles. The average molecular weight is 326 g/mol. The van der Waals surface area contributed by atoms with Gasteiger partial charge < -0.3 is 9.84 Å². The number of rotatable bonds is 9. The third-order valence-corrected chi connectivity index (χ3v) is 4.90. The van der Waals surface area contributed by atoms with Gasteiger partial charge in [-0.05, 0) is 44.0 Å². The standard InChI is InChI=1S/C16H22O5S/c1-13(2)16(18)21-11-5-3-4-6-12-22(19,20)15-9-7-14(17)8-10-15/h7-10,17H,1,3-6,11-12H2,2H3. The number of aromatic hydroxyl groups is 1. The molecule has 1 rings (SSSR count). The van der Waals surface area contributed by atoms with E-state index in [9.17, 15) is 13.2 Å². The van der Waals surface area contributed by atoms with Crippen molar-refractivity contribution in [3.63, 3.8) is 0 Å². The molecule has 0 saturated heterocycles. The topological polar surface area (TPSA) is 80.7 Å². The molecular weight excluding hydrogens is 304 g/mol. The van der Waals surface area contributed by atoms with Crippen LogP contribution in [0.4, 0.5) is 0 Å². The SMILES string of the molecule is C=C(C)C(=O)OCCCCCCS(=O)(=O)c1ccc(O)cc1. The number of hydrogen-bond acceptors (Lipinski definition) is 5. The zero-order chi connectivity index (χ0) is 16.6. The number of esters is 1. The first-order valence-corrected chi connectivity index (χ1v) is 8.82. The molecule has 1 aromatic carbocycles. The fourth-order valence-electron chi connectivity index (χ4n) is 1.81. The normalized spacial score (nSPS) is 11.1. The van der Waals surface area contributed by atoms with Crippen LogP contribution in [0.2, 0.25) is 0 Å². The largest absolute Gasteiger partial charge is 0.508 e. The van der Waals surface area contributed by atoms with Crippen LogP contribution in [0.1, 0.15) is 32.6 Å². The Labute approximate surface area is 131 Å². The lowest BCUT2D eigenvalue weighted by Crippen LogP contribution is -2.07. The van der Waals surface area contributed by atoms with E-state index in [2.05, 4.69) is 6.58 Å². The summed E-state index contributed by atoms with van der Waals surface area (Å²) in [7, 11) is -3.30. The Bertz CT molecular complexity index is 602. The van der Waals surface area contributed by atoms with E-state index < -0.39 is 15.8 Å². The Morgan fingerprint density at radius 2 is 1.73 bits per heavy atom. The third kappa shape index (κ3) is 6.30. The summed E-state index contributed by atoms with van der Waals surface area (Å²) in [5, 5.41) is 9.16. The number of sulfone groups is 1. The van der Waals surface area contributed by atoms with Gasteiger partial charge in [0.2, 0.25) is 0 Å². The lowest BCUT2D eigenvalue weighted by molar-refractivity contribution is -0.139. The average Bonchev–Trinajstić information content (AvgIpc) is 2.46. The van der Waals surface area contributed by atoms with Crippen LogP contribution >= 0.6 is 0 Å². The molecule has 0 heterocycles. The van der Waals surface area contributed by atoms with Gasteiger partial charge in [-0.3, -0.25) is 0 Å². The highest BCUT2D eigenvalue weighted by Gasteiger charge is 2.13. The van der Waals surface area contributed by atoms with Gasteiger partial charge in [0.1, 0.15) is 5.75 Å². The van der Waals surface area contributed by atoms with Crippen LogP contribution < -0.4 is 0 Å². The van der Waals surface area contributed by atoms with Crippen molar-refractivity contribution in [2.45, 2.75) is 37.5 Å². The van der Waals surface area contributed by atoms with Crippen LogP contribution in [0.3, 0.4) is 0 Å². The molecule has 1 N–H and O–H groups in total. The summed E-state index contributed by atoms with van der Waals surface area (Å²) in [5.41, 5.74) is 0.375. The molecule has 0 unspecified atom stereocenters. The molecule has 122 valence electrons. The van der Waals surface area contributed by atoms with Gasteiger partial charge in [0.25, 0.3) is 0 Å². The van der Waals surface area contributed by atoms with Crippen molar-refractivity contribution in [2.24, 2.45) is 0 Å². The number of benzene rings is 1. The van der Waals surface area contributed by atoms with E-state index in [0.717, 1.165) is 12.8 Å². The summed E-state index contributed by atoms with van der Waals surface area (Å²) in [4.78, 5) is 11.3. The van der Waals surface area contributed by atoms with Crippen molar-refractivity contribution in [2.75, 3.05) is 12.4 Å². The number of unbranched alkanes of at least 4 members (excludes halogenated alkanes) is 3. The van der Waals surface area contributed by atoms with E-state index in [4.69, 9.17) is 9.84 Å². The Hall–Kier alpha value is -1.82. The van der Waals surface area contributed by atoms with Crippen LogP contribution in [-0.2, 0) is 19.4 Å². The van der Waals surface area contributed by atoms with Gasteiger partial charge in [-0.25, -0.2) is 13.2 Å². The minimum absolute atomic E-state index is 0.0447. The molecule has 0 spiro atoms. The maximum Gasteiger partial charge on any atom is 0.333 e. The summed E-state index contributed by atoms with van der Waals surface area (Å²) < 4.78 is 29.0. The Morgan fingerprint density at radius 3 is 2.32 bits per heavy atom. The molecule has 0 amide bonds. The Balaban J connectivity index is 2.22. The molecule has 0 atom stereocenters. The first-order valence-electron chi connectivity index (χ1n) is 7.17. The maximum atomic E-state index is 12.0. The van der Waals surface area contributed by atoms with Crippen molar-refractivity contribution in [3.05, 3.63) is 36.4 Å². The lowest BCUT2D eigenvalue weighted by Gasteiger charge is -2.06. The molecule has 0 fully saturated rings. The van der Waals surface area contributed by atoms with E-state index >= 15 is 0 Å². The second-order valence-corrected chi connectivity index (χ2v) is 7.25. The Morgan fingerprint density at radius 1 is 1.14 bits per heavy atom. The molecule has 0 aliphatic heterocycles. The monoisotopic (exact) mass is 326 g/mol. The van der Waals surface area contributed by atoms with Crippen LogP contribution in [0.5, 0.6) is 5.75 Å². The maximum absolute atomic E-state index is 12.0. The van der Waals surface area contributed by atoms with Crippen molar-refractivity contribution in [1.82, 2.24) is 0 Å². The predicted octanol–water partition coefficient (Wildman–Crippen LogP) is 2.85. The fraction of sp³-hybridized carbons (Fsp3) is 0.438. The summed E-state index contributed by atoms with van der Waals surface area (Å²) in [6.45, 7) is 5.41. The van der Waals surface area contributed by atoms with Crippen molar-refractivity contribution < 1.29 is 23.1 Å². The first kappa shape index (κ1) is 18.2. The van der Waals surface area contributed by atoms with Gasteiger partial charge >= 0.3 is 5.97 Å². The number of phenolic OH excluding ortho intramolecular Hbond substituents is 1. The minimum Gasteiger partial charge on any atom is -0.508 e. The molecule has 6 heteroatoms. The molecule has 0 aliphatic carbocycles. The Kier molecular flexibility index (Phi) is 7.11. The molecule has 0 radical (unpaired) electrons.